The van der Waals surface area contributed by atoms with Crippen LogP contribution in [0.5, 0.6) is 0 Å². The molecule has 1 fully saturated rings. The summed E-state index contributed by atoms with van der Waals surface area (Å²) in [6.07, 6.45) is 4.32. The van der Waals surface area contributed by atoms with Crippen molar-refractivity contribution in [2.45, 2.75) is 13.3 Å². The van der Waals surface area contributed by atoms with Gasteiger partial charge in [-0.15, -0.1) is 0 Å². The summed E-state index contributed by atoms with van der Waals surface area (Å²) >= 11 is 5.93. The second-order valence-corrected chi connectivity index (χ2v) is 4.92. The van der Waals surface area contributed by atoms with Crippen LogP contribution in [0.15, 0.2) is 18.5 Å². The van der Waals surface area contributed by atoms with Gasteiger partial charge in [0.1, 0.15) is 0 Å². The Morgan fingerprint density at radius 2 is 2.38 bits per heavy atom. The minimum Gasteiger partial charge on any atom is -0.341 e. The highest BCUT2D eigenvalue weighted by molar-refractivity contribution is 6.33. The number of carbonyl (C=O) groups is 1. The van der Waals surface area contributed by atoms with Gasteiger partial charge in [0.25, 0.3) is 5.91 Å². The number of halogens is 1. The van der Waals surface area contributed by atoms with Crippen molar-refractivity contribution < 1.29 is 4.79 Å². The van der Waals surface area contributed by atoms with Crippen LogP contribution in [0, 0.1) is 11.8 Å². The lowest BCUT2D eigenvalue weighted by Crippen LogP contribution is -2.29. The maximum absolute atomic E-state index is 12.0. The molecule has 0 saturated heterocycles. The Kier molecular flexibility index (Phi) is 3.15. The molecule has 1 aromatic heterocycles. The Morgan fingerprint density at radius 1 is 1.69 bits per heavy atom. The number of rotatable bonds is 3. The molecule has 86 valence electrons. The van der Waals surface area contributed by atoms with Crippen LogP contribution in [0.25, 0.3) is 0 Å². The molecule has 0 aliphatic heterocycles. The molecule has 0 bridgehead atoms. The van der Waals surface area contributed by atoms with E-state index < -0.39 is 0 Å². The summed E-state index contributed by atoms with van der Waals surface area (Å²) in [5, 5.41) is 0.420. The van der Waals surface area contributed by atoms with Gasteiger partial charge >= 0.3 is 0 Å². The number of aromatic nitrogens is 1. The van der Waals surface area contributed by atoms with E-state index in [-0.39, 0.29) is 5.91 Å². The van der Waals surface area contributed by atoms with Crippen LogP contribution in [-0.2, 0) is 0 Å². The molecule has 2 unspecified atom stereocenters. The lowest BCUT2D eigenvalue weighted by atomic mass is 10.2. The molecule has 1 aliphatic rings. The predicted octanol–water partition coefficient (Wildman–Crippen LogP) is 2.46. The first-order valence-electron chi connectivity index (χ1n) is 5.44. The predicted molar refractivity (Wildman–Crippen MR) is 63.5 cm³/mol. The average molecular weight is 239 g/mol. The summed E-state index contributed by atoms with van der Waals surface area (Å²) in [6, 6.07) is 1.66. The first-order valence-corrected chi connectivity index (χ1v) is 5.82. The maximum atomic E-state index is 12.0. The molecular formula is C12H15ClN2O. The third kappa shape index (κ3) is 2.35. The van der Waals surface area contributed by atoms with Crippen molar-refractivity contribution in [1.82, 2.24) is 9.88 Å². The van der Waals surface area contributed by atoms with Gasteiger partial charge in [-0.2, -0.15) is 0 Å². The topological polar surface area (TPSA) is 33.2 Å². The van der Waals surface area contributed by atoms with Crippen LogP contribution in [0.3, 0.4) is 0 Å². The molecule has 1 heterocycles. The first-order chi connectivity index (χ1) is 7.59. The summed E-state index contributed by atoms with van der Waals surface area (Å²) in [6.45, 7) is 3.03. The molecule has 1 saturated carbocycles. The number of hydrogen-bond donors (Lipinski definition) is 0. The Labute approximate surface area is 100 Å². The monoisotopic (exact) mass is 238 g/mol. The fourth-order valence-electron chi connectivity index (χ4n) is 1.84. The van der Waals surface area contributed by atoms with Gasteiger partial charge in [-0.1, -0.05) is 18.5 Å². The Morgan fingerprint density at radius 3 is 2.94 bits per heavy atom. The molecule has 4 heteroatoms. The summed E-state index contributed by atoms with van der Waals surface area (Å²) in [5.41, 5.74) is 0.535. The third-order valence-electron chi connectivity index (χ3n) is 3.13. The highest BCUT2D eigenvalue weighted by Crippen LogP contribution is 2.38. The van der Waals surface area contributed by atoms with Gasteiger partial charge in [-0.3, -0.25) is 9.78 Å². The summed E-state index contributed by atoms with van der Waals surface area (Å²) < 4.78 is 0. The van der Waals surface area contributed by atoms with Crippen LogP contribution in [0.2, 0.25) is 5.02 Å². The van der Waals surface area contributed by atoms with Crippen LogP contribution in [0.1, 0.15) is 23.7 Å². The molecule has 1 aromatic rings. The fourth-order valence-corrected chi connectivity index (χ4v) is 2.04. The average Bonchev–Trinajstić information content (AvgIpc) is 2.94. The van der Waals surface area contributed by atoms with E-state index >= 15 is 0 Å². The second-order valence-electron chi connectivity index (χ2n) is 4.51. The lowest BCUT2D eigenvalue weighted by Gasteiger charge is -2.17. The largest absolute Gasteiger partial charge is 0.341 e. The van der Waals surface area contributed by atoms with E-state index in [4.69, 9.17) is 11.6 Å². The Balaban J connectivity index is 2.04. The first kappa shape index (κ1) is 11.4. The van der Waals surface area contributed by atoms with Crippen molar-refractivity contribution in [3.63, 3.8) is 0 Å². The van der Waals surface area contributed by atoms with E-state index in [1.165, 1.54) is 12.6 Å². The van der Waals surface area contributed by atoms with E-state index in [2.05, 4.69) is 11.9 Å². The van der Waals surface area contributed by atoms with Gasteiger partial charge in [0.2, 0.25) is 0 Å². The molecule has 16 heavy (non-hydrogen) atoms. The summed E-state index contributed by atoms with van der Waals surface area (Å²) in [5.74, 6) is 1.39. The van der Waals surface area contributed by atoms with Gasteiger partial charge in [-0.05, 0) is 24.3 Å². The van der Waals surface area contributed by atoms with Gasteiger partial charge in [-0.25, -0.2) is 0 Å². The van der Waals surface area contributed by atoms with E-state index in [9.17, 15) is 4.79 Å². The zero-order valence-corrected chi connectivity index (χ0v) is 10.2. The molecule has 2 rings (SSSR count). The highest BCUT2D eigenvalue weighted by Gasteiger charge is 2.34. The summed E-state index contributed by atoms with van der Waals surface area (Å²) in [7, 11) is 1.82. The smallest absolute Gasteiger partial charge is 0.255 e. The molecule has 0 radical (unpaired) electrons. The normalized spacial score (nSPS) is 22.9. The number of carbonyl (C=O) groups excluding carboxylic acids is 1. The van der Waals surface area contributed by atoms with E-state index in [1.54, 1.807) is 17.2 Å². The number of amides is 1. The fraction of sp³-hybridized carbons (Fsp3) is 0.500. The van der Waals surface area contributed by atoms with Crippen LogP contribution in [0.4, 0.5) is 0 Å². The number of pyridine rings is 1. The lowest BCUT2D eigenvalue weighted by molar-refractivity contribution is 0.0787. The van der Waals surface area contributed by atoms with E-state index in [1.807, 2.05) is 7.05 Å². The molecule has 0 aromatic carbocycles. The number of nitrogens with zero attached hydrogens (tertiary/aromatic N) is 2. The molecule has 2 atom stereocenters. The Hall–Kier alpha value is -1.09. The standard InChI is InChI=1S/C12H15ClN2O/c1-8-5-9(8)7-15(2)12(16)10-3-4-14-6-11(10)13/h3-4,6,8-9H,5,7H2,1-2H3. The van der Waals surface area contributed by atoms with Crippen molar-refractivity contribution in [2.75, 3.05) is 13.6 Å². The molecule has 0 N–H and O–H groups in total. The minimum atomic E-state index is -0.0218. The molecule has 0 spiro atoms. The van der Waals surface area contributed by atoms with Crippen molar-refractivity contribution in [2.24, 2.45) is 11.8 Å². The highest BCUT2D eigenvalue weighted by atomic mass is 35.5. The molecule has 3 nitrogen and oxygen atoms in total. The minimum absolute atomic E-state index is 0.0218. The van der Waals surface area contributed by atoms with Crippen molar-refractivity contribution in [1.29, 1.82) is 0 Å². The van der Waals surface area contributed by atoms with Crippen LogP contribution >= 0.6 is 11.6 Å². The molecule has 1 amide bonds. The SMILES string of the molecule is CC1CC1CN(C)C(=O)c1ccncc1Cl. The van der Waals surface area contributed by atoms with Crippen LogP contribution < -0.4 is 0 Å². The maximum Gasteiger partial charge on any atom is 0.255 e. The zero-order valence-electron chi connectivity index (χ0n) is 9.48. The molecule has 1 aliphatic carbocycles. The van der Waals surface area contributed by atoms with Gasteiger partial charge in [0, 0.05) is 26.0 Å². The second kappa shape index (κ2) is 4.42. The van der Waals surface area contributed by atoms with Gasteiger partial charge < -0.3 is 4.90 Å². The van der Waals surface area contributed by atoms with Gasteiger partial charge in [0.15, 0.2) is 0 Å². The number of hydrogen-bond acceptors (Lipinski definition) is 2. The summed E-state index contributed by atoms with van der Waals surface area (Å²) in [4.78, 5) is 17.7. The van der Waals surface area contributed by atoms with E-state index in [0.29, 0.717) is 16.5 Å². The quantitative estimate of drug-likeness (QED) is 0.811. The van der Waals surface area contributed by atoms with Crippen LogP contribution in [-0.4, -0.2) is 29.4 Å². The van der Waals surface area contributed by atoms with Gasteiger partial charge in [0.05, 0.1) is 10.6 Å². The van der Waals surface area contributed by atoms with Crippen molar-refractivity contribution >= 4 is 17.5 Å². The third-order valence-corrected chi connectivity index (χ3v) is 3.44. The molecular weight excluding hydrogens is 224 g/mol. The zero-order chi connectivity index (χ0) is 11.7. The van der Waals surface area contributed by atoms with Crippen molar-refractivity contribution in [3.05, 3.63) is 29.0 Å². The van der Waals surface area contributed by atoms with E-state index in [0.717, 1.165) is 12.5 Å². The van der Waals surface area contributed by atoms with Crippen molar-refractivity contribution in [3.8, 4) is 0 Å². The Bertz CT molecular complexity index is 408.